The third kappa shape index (κ3) is 3.92. The molecule has 0 radical (unpaired) electrons. The van der Waals surface area contributed by atoms with Gasteiger partial charge in [0.15, 0.2) is 9.84 Å². The summed E-state index contributed by atoms with van der Waals surface area (Å²) in [5, 5.41) is 3.23. The zero-order chi connectivity index (χ0) is 12.2. The van der Waals surface area contributed by atoms with Gasteiger partial charge in [0, 0.05) is 25.4 Å². The summed E-state index contributed by atoms with van der Waals surface area (Å²) in [5.74, 6) is 0. The van der Waals surface area contributed by atoms with Gasteiger partial charge in [0.2, 0.25) is 0 Å². The van der Waals surface area contributed by atoms with E-state index in [1.54, 1.807) is 12.1 Å². The van der Waals surface area contributed by atoms with Gasteiger partial charge in [-0.1, -0.05) is 12.1 Å². The minimum Gasteiger partial charge on any atom is -0.329 e. The Morgan fingerprint density at radius 2 is 1.88 bits per heavy atom. The van der Waals surface area contributed by atoms with E-state index in [2.05, 4.69) is 5.32 Å². The third-order valence-corrected chi connectivity index (χ3v) is 3.49. The Bertz CT molecular complexity index is 426. The minimum atomic E-state index is -3.10. The van der Waals surface area contributed by atoms with E-state index >= 15 is 0 Å². The molecule has 1 atom stereocenters. The monoisotopic (exact) mass is 242 g/mol. The maximum absolute atomic E-state index is 11.2. The van der Waals surface area contributed by atoms with E-state index < -0.39 is 9.84 Å². The Kier molecular flexibility index (Phi) is 4.46. The zero-order valence-corrected chi connectivity index (χ0v) is 10.4. The van der Waals surface area contributed by atoms with Crippen LogP contribution >= 0.6 is 0 Å². The highest BCUT2D eigenvalue weighted by Crippen LogP contribution is 2.10. The van der Waals surface area contributed by atoms with Crippen molar-refractivity contribution in [3.05, 3.63) is 29.8 Å². The Hall–Kier alpha value is -0.910. The molecule has 0 aliphatic rings. The summed E-state index contributed by atoms with van der Waals surface area (Å²) < 4.78 is 22.4. The molecule has 16 heavy (non-hydrogen) atoms. The predicted molar refractivity (Wildman–Crippen MR) is 64.9 cm³/mol. The smallest absolute Gasteiger partial charge is 0.175 e. The summed E-state index contributed by atoms with van der Waals surface area (Å²) in [5.41, 5.74) is 6.52. The second-order valence-electron chi connectivity index (χ2n) is 3.93. The Morgan fingerprint density at radius 1 is 1.31 bits per heavy atom. The number of hydrogen-bond acceptors (Lipinski definition) is 4. The maximum Gasteiger partial charge on any atom is 0.175 e. The van der Waals surface area contributed by atoms with Crippen molar-refractivity contribution in [2.75, 3.05) is 12.8 Å². The zero-order valence-electron chi connectivity index (χ0n) is 9.60. The first-order valence-electron chi connectivity index (χ1n) is 5.16. The molecular formula is C11H18N2O2S. The van der Waals surface area contributed by atoms with Gasteiger partial charge < -0.3 is 11.1 Å². The lowest BCUT2D eigenvalue weighted by molar-refractivity contribution is 0.556. The van der Waals surface area contributed by atoms with Gasteiger partial charge in [-0.2, -0.15) is 0 Å². The first-order chi connectivity index (χ1) is 7.43. The molecule has 0 saturated carbocycles. The van der Waals surface area contributed by atoms with Gasteiger partial charge in [0.05, 0.1) is 4.90 Å². The molecule has 0 aliphatic carbocycles. The number of benzene rings is 1. The highest BCUT2D eigenvalue weighted by molar-refractivity contribution is 7.90. The quantitative estimate of drug-likeness (QED) is 0.790. The molecule has 0 aliphatic heterocycles. The van der Waals surface area contributed by atoms with Crippen LogP contribution in [0.1, 0.15) is 12.5 Å². The molecule has 0 amide bonds. The van der Waals surface area contributed by atoms with Crippen LogP contribution in [-0.4, -0.2) is 27.3 Å². The third-order valence-electron chi connectivity index (χ3n) is 2.36. The van der Waals surface area contributed by atoms with Crippen molar-refractivity contribution in [3.8, 4) is 0 Å². The molecule has 90 valence electrons. The van der Waals surface area contributed by atoms with E-state index in [-0.39, 0.29) is 6.04 Å². The fourth-order valence-corrected chi connectivity index (χ4v) is 1.86. The van der Waals surface area contributed by atoms with Gasteiger partial charge in [-0.05, 0) is 24.6 Å². The molecule has 5 heteroatoms. The topological polar surface area (TPSA) is 72.2 Å². The summed E-state index contributed by atoms with van der Waals surface area (Å²) in [6.45, 7) is 3.29. The van der Waals surface area contributed by atoms with E-state index in [9.17, 15) is 8.42 Å². The van der Waals surface area contributed by atoms with Crippen LogP contribution in [0.3, 0.4) is 0 Å². The van der Waals surface area contributed by atoms with Crippen LogP contribution in [0.4, 0.5) is 0 Å². The van der Waals surface area contributed by atoms with Gasteiger partial charge in [0.1, 0.15) is 0 Å². The molecule has 3 N–H and O–H groups in total. The molecule has 0 spiro atoms. The molecule has 1 rings (SSSR count). The van der Waals surface area contributed by atoms with Crippen molar-refractivity contribution in [3.63, 3.8) is 0 Å². The van der Waals surface area contributed by atoms with Crippen molar-refractivity contribution >= 4 is 9.84 Å². The van der Waals surface area contributed by atoms with Crippen LogP contribution in [0.15, 0.2) is 29.2 Å². The van der Waals surface area contributed by atoms with Crippen LogP contribution in [-0.2, 0) is 16.4 Å². The van der Waals surface area contributed by atoms with Crippen molar-refractivity contribution < 1.29 is 8.42 Å². The van der Waals surface area contributed by atoms with Gasteiger partial charge in [-0.15, -0.1) is 0 Å². The van der Waals surface area contributed by atoms with Gasteiger partial charge in [-0.3, -0.25) is 0 Å². The second kappa shape index (κ2) is 5.43. The predicted octanol–water partition coefficient (Wildman–Crippen LogP) is 0.527. The summed E-state index contributed by atoms with van der Waals surface area (Å²) in [6, 6.07) is 7.13. The standard InChI is InChI=1S/C11H18N2O2S/c1-9(7-12)13-8-10-3-5-11(6-4-10)16(2,14)15/h3-6,9,13H,7-8,12H2,1-2H3/t9-/m0/s1. The molecule has 0 heterocycles. The van der Waals surface area contributed by atoms with Crippen LogP contribution in [0.25, 0.3) is 0 Å². The summed E-state index contributed by atoms with van der Waals surface area (Å²) >= 11 is 0. The Morgan fingerprint density at radius 3 is 2.31 bits per heavy atom. The van der Waals surface area contributed by atoms with E-state index in [0.29, 0.717) is 18.0 Å². The number of sulfone groups is 1. The van der Waals surface area contributed by atoms with E-state index in [1.165, 1.54) is 6.26 Å². The molecule has 0 saturated heterocycles. The molecule has 0 fully saturated rings. The average molecular weight is 242 g/mol. The van der Waals surface area contributed by atoms with Gasteiger partial charge in [0.25, 0.3) is 0 Å². The summed E-state index contributed by atoms with van der Waals surface area (Å²) in [6.07, 6.45) is 1.21. The number of rotatable bonds is 5. The van der Waals surface area contributed by atoms with Crippen LogP contribution in [0.5, 0.6) is 0 Å². The van der Waals surface area contributed by atoms with Crippen LogP contribution < -0.4 is 11.1 Å². The van der Waals surface area contributed by atoms with E-state index in [4.69, 9.17) is 5.73 Å². The minimum absolute atomic E-state index is 0.259. The number of nitrogens with two attached hydrogens (primary N) is 1. The molecule has 0 unspecified atom stereocenters. The lowest BCUT2D eigenvalue weighted by Crippen LogP contribution is -2.32. The number of hydrogen-bond donors (Lipinski definition) is 2. The normalized spacial score (nSPS) is 13.7. The highest BCUT2D eigenvalue weighted by atomic mass is 32.2. The lowest BCUT2D eigenvalue weighted by atomic mass is 10.2. The fraction of sp³-hybridized carbons (Fsp3) is 0.455. The first-order valence-corrected chi connectivity index (χ1v) is 7.05. The van der Waals surface area contributed by atoms with Crippen molar-refractivity contribution in [2.45, 2.75) is 24.4 Å². The second-order valence-corrected chi connectivity index (χ2v) is 5.95. The molecular weight excluding hydrogens is 224 g/mol. The molecule has 1 aromatic rings. The highest BCUT2D eigenvalue weighted by Gasteiger charge is 2.06. The van der Waals surface area contributed by atoms with E-state index in [0.717, 1.165) is 5.56 Å². The molecule has 1 aromatic carbocycles. The Labute approximate surface area is 96.8 Å². The van der Waals surface area contributed by atoms with Crippen LogP contribution in [0, 0.1) is 0 Å². The largest absolute Gasteiger partial charge is 0.329 e. The van der Waals surface area contributed by atoms with Crippen molar-refractivity contribution in [2.24, 2.45) is 5.73 Å². The van der Waals surface area contributed by atoms with Crippen molar-refractivity contribution in [1.82, 2.24) is 5.32 Å². The Balaban J connectivity index is 2.66. The first kappa shape index (κ1) is 13.2. The van der Waals surface area contributed by atoms with Gasteiger partial charge in [-0.25, -0.2) is 8.42 Å². The molecule has 4 nitrogen and oxygen atoms in total. The van der Waals surface area contributed by atoms with E-state index in [1.807, 2.05) is 19.1 Å². The van der Waals surface area contributed by atoms with Gasteiger partial charge >= 0.3 is 0 Å². The summed E-state index contributed by atoms with van der Waals surface area (Å²) in [4.78, 5) is 0.350. The number of nitrogens with one attached hydrogen (secondary N) is 1. The van der Waals surface area contributed by atoms with Crippen molar-refractivity contribution in [1.29, 1.82) is 0 Å². The average Bonchev–Trinajstić information content (AvgIpc) is 2.25. The molecule has 0 aromatic heterocycles. The summed E-state index contributed by atoms with van der Waals surface area (Å²) in [7, 11) is -3.10. The fourth-order valence-electron chi connectivity index (χ4n) is 1.23. The maximum atomic E-state index is 11.2. The van der Waals surface area contributed by atoms with Crippen LogP contribution in [0.2, 0.25) is 0 Å². The lowest BCUT2D eigenvalue weighted by Gasteiger charge is -2.11. The molecule has 0 bridgehead atoms. The SMILES string of the molecule is C[C@@H](CN)NCc1ccc(S(C)(=O)=O)cc1.